The first-order chi connectivity index (χ1) is 8.22. The van der Waals surface area contributed by atoms with Crippen LogP contribution in [-0.4, -0.2) is 23.4 Å². The van der Waals surface area contributed by atoms with Gasteiger partial charge in [0.1, 0.15) is 5.75 Å². The van der Waals surface area contributed by atoms with Gasteiger partial charge in [-0.2, -0.15) is 0 Å². The van der Waals surface area contributed by atoms with E-state index in [4.69, 9.17) is 4.74 Å². The minimum Gasteiger partial charge on any atom is -0.497 e. The Kier molecular flexibility index (Phi) is 3.14. The number of benzene rings is 1. The zero-order valence-corrected chi connectivity index (χ0v) is 9.68. The van der Waals surface area contributed by atoms with Crippen LogP contribution in [0.5, 0.6) is 5.75 Å². The van der Waals surface area contributed by atoms with Crippen LogP contribution in [0.15, 0.2) is 30.3 Å². The Morgan fingerprint density at radius 3 is 2.76 bits per heavy atom. The smallest absolute Gasteiger partial charge is 0.193 e. The zero-order chi connectivity index (χ0) is 12.3. The van der Waals surface area contributed by atoms with E-state index in [2.05, 4.69) is 9.97 Å². The fourth-order valence-corrected chi connectivity index (χ4v) is 1.57. The molecule has 1 aromatic carbocycles. The molecule has 86 valence electrons. The molecule has 1 aromatic heterocycles. The number of rotatable bonds is 3. The molecule has 0 unspecified atom stereocenters. The lowest BCUT2D eigenvalue weighted by molar-refractivity contribution is 0.111. The highest BCUT2D eigenvalue weighted by Gasteiger charge is 2.04. The van der Waals surface area contributed by atoms with Crippen molar-refractivity contribution in [1.82, 2.24) is 9.97 Å². The number of aldehydes is 1. The fraction of sp³-hybridized carbons (Fsp3) is 0.154. The lowest BCUT2D eigenvalue weighted by atomic mass is 10.1. The number of methoxy groups -OCH3 is 1. The molecule has 0 aliphatic heterocycles. The molecule has 0 amide bonds. The lowest BCUT2D eigenvalue weighted by Gasteiger charge is -2.05. The first-order valence-corrected chi connectivity index (χ1v) is 5.18. The van der Waals surface area contributed by atoms with Gasteiger partial charge in [0, 0.05) is 11.3 Å². The fourth-order valence-electron chi connectivity index (χ4n) is 1.57. The monoisotopic (exact) mass is 228 g/mol. The summed E-state index contributed by atoms with van der Waals surface area (Å²) in [5, 5.41) is 0. The average molecular weight is 228 g/mol. The topological polar surface area (TPSA) is 52.1 Å². The Balaban J connectivity index is 2.51. The molecule has 0 fully saturated rings. The average Bonchev–Trinajstić information content (AvgIpc) is 2.38. The van der Waals surface area contributed by atoms with Gasteiger partial charge in [-0.15, -0.1) is 0 Å². The Hall–Kier alpha value is -2.23. The summed E-state index contributed by atoms with van der Waals surface area (Å²) in [4.78, 5) is 18.9. The van der Waals surface area contributed by atoms with Crippen molar-refractivity contribution in [1.29, 1.82) is 0 Å². The molecule has 0 saturated heterocycles. The minimum atomic E-state index is 0.197. The van der Waals surface area contributed by atoms with Crippen molar-refractivity contribution in [3.8, 4) is 17.0 Å². The van der Waals surface area contributed by atoms with Crippen molar-refractivity contribution >= 4 is 6.29 Å². The van der Waals surface area contributed by atoms with Crippen molar-refractivity contribution in [3.05, 3.63) is 41.9 Å². The van der Waals surface area contributed by atoms with Crippen LogP contribution in [0.2, 0.25) is 0 Å². The summed E-state index contributed by atoms with van der Waals surface area (Å²) < 4.78 is 5.15. The van der Waals surface area contributed by atoms with Crippen molar-refractivity contribution in [3.63, 3.8) is 0 Å². The predicted octanol–water partition coefficient (Wildman–Crippen LogP) is 2.27. The van der Waals surface area contributed by atoms with E-state index >= 15 is 0 Å². The molecule has 0 aliphatic carbocycles. The number of aromatic nitrogens is 2. The molecule has 0 spiro atoms. The Morgan fingerprint density at radius 2 is 2.06 bits per heavy atom. The van der Waals surface area contributed by atoms with Gasteiger partial charge in [-0.3, -0.25) is 4.79 Å². The van der Waals surface area contributed by atoms with E-state index < -0.39 is 0 Å². The molecule has 2 aromatic rings. The zero-order valence-electron chi connectivity index (χ0n) is 9.68. The predicted molar refractivity (Wildman–Crippen MR) is 64.1 cm³/mol. The van der Waals surface area contributed by atoms with Gasteiger partial charge in [0.2, 0.25) is 0 Å². The first-order valence-electron chi connectivity index (χ1n) is 5.18. The molecular weight excluding hydrogens is 216 g/mol. The van der Waals surface area contributed by atoms with Crippen LogP contribution in [0.4, 0.5) is 0 Å². The highest BCUT2D eigenvalue weighted by Crippen LogP contribution is 2.22. The summed E-state index contributed by atoms with van der Waals surface area (Å²) in [5.41, 5.74) is 2.39. The summed E-state index contributed by atoms with van der Waals surface area (Å²) in [6, 6.07) is 9.36. The van der Waals surface area contributed by atoms with E-state index in [1.54, 1.807) is 7.11 Å². The van der Waals surface area contributed by atoms with Gasteiger partial charge in [-0.1, -0.05) is 12.1 Å². The van der Waals surface area contributed by atoms with Crippen LogP contribution >= 0.6 is 0 Å². The summed E-state index contributed by atoms with van der Waals surface area (Å²) in [7, 11) is 1.61. The molecule has 4 heteroatoms. The largest absolute Gasteiger partial charge is 0.497 e. The third-order valence-electron chi connectivity index (χ3n) is 2.34. The number of hydrogen-bond donors (Lipinski definition) is 0. The number of nitrogens with zero attached hydrogens (tertiary/aromatic N) is 2. The Bertz CT molecular complexity index is 553. The third-order valence-corrected chi connectivity index (χ3v) is 2.34. The van der Waals surface area contributed by atoms with Crippen LogP contribution in [0.25, 0.3) is 11.3 Å². The number of carbonyl (C=O) groups excluding carboxylic acids is 1. The number of carbonyl (C=O) groups is 1. The molecule has 1 heterocycles. The third kappa shape index (κ3) is 2.47. The lowest BCUT2D eigenvalue weighted by Crippen LogP contribution is -1.97. The van der Waals surface area contributed by atoms with Crippen LogP contribution < -0.4 is 4.74 Å². The highest BCUT2D eigenvalue weighted by atomic mass is 16.5. The highest BCUT2D eigenvalue weighted by molar-refractivity contribution is 5.71. The molecule has 0 N–H and O–H groups in total. The molecule has 0 saturated carbocycles. The maximum Gasteiger partial charge on any atom is 0.193 e. The minimum absolute atomic E-state index is 0.197. The van der Waals surface area contributed by atoms with E-state index in [9.17, 15) is 4.79 Å². The van der Waals surface area contributed by atoms with E-state index in [0.717, 1.165) is 22.7 Å². The Labute approximate surface area is 99.3 Å². The van der Waals surface area contributed by atoms with Gasteiger partial charge in [0.15, 0.2) is 12.1 Å². The van der Waals surface area contributed by atoms with Gasteiger partial charge in [-0.05, 0) is 25.1 Å². The summed E-state index contributed by atoms with van der Waals surface area (Å²) >= 11 is 0. The molecule has 0 atom stereocenters. The molecule has 17 heavy (non-hydrogen) atoms. The maximum absolute atomic E-state index is 10.7. The van der Waals surface area contributed by atoms with E-state index in [1.165, 1.54) is 0 Å². The molecule has 4 nitrogen and oxygen atoms in total. The van der Waals surface area contributed by atoms with Gasteiger partial charge in [0.25, 0.3) is 0 Å². The van der Waals surface area contributed by atoms with Crippen LogP contribution in [-0.2, 0) is 0 Å². The Morgan fingerprint density at radius 1 is 1.24 bits per heavy atom. The van der Waals surface area contributed by atoms with Crippen molar-refractivity contribution in [2.75, 3.05) is 7.11 Å². The summed E-state index contributed by atoms with van der Waals surface area (Å²) in [6.45, 7) is 1.83. The second-order valence-electron chi connectivity index (χ2n) is 3.60. The van der Waals surface area contributed by atoms with Crippen LogP contribution in [0.3, 0.4) is 0 Å². The van der Waals surface area contributed by atoms with Gasteiger partial charge in [0.05, 0.1) is 12.8 Å². The molecule has 0 aliphatic rings. The van der Waals surface area contributed by atoms with E-state index in [0.29, 0.717) is 6.29 Å². The van der Waals surface area contributed by atoms with Crippen molar-refractivity contribution in [2.45, 2.75) is 6.92 Å². The maximum atomic E-state index is 10.7. The quantitative estimate of drug-likeness (QED) is 0.756. The van der Waals surface area contributed by atoms with E-state index in [-0.39, 0.29) is 5.82 Å². The first kappa shape index (κ1) is 11.3. The van der Waals surface area contributed by atoms with Gasteiger partial charge >= 0.3 is 0 Å². The second-order valence-corrected chi connectivity index (χ2v) is 3.60. The number of aryl methyl sites for hydroxylation is 1. The normalized spacial score (nSPS) is 10.0. The molecule has 2 rings (SSSR count). The number of ether oxygens (including phenoxy) is 1. The van der Waals surface area contributed by atoms with Gasteiger partial charge in [-0.25, -0.2) is 9.97 Å². The van der Waals surface area contributed by atoms with Crippen LogP contribution in [0, 0.1) is 6.92 Å². The van der Waals surface area contributed by atoms with Crippen molar-refractivity contribution in [2.24, 2.45) is 0 Å². The SMILES string of the molecule is COc1cccc(-c2cc(C)nc(C=O)n2)c1. The molecule has 0 bridgehead atoms. The second kappa shape index (κ2) is 4.74. The van der Waals surface area contributed by atoms with Crippen LogP contribution in [0.1, 0.15) is 16.3 Å². The van der Waals surface area contributed by atoms with E-state index in [1.807, 2.05) is 37.3 Å². The van der Waals surface area contributed by atoms with Crippen molar-refractivity contribution < 1.29 is 9.53 Å². The van der Waals surface area contributed by atoms with Gasteiger partial charge < -0.3 is 4.74 Å². The standard InChI is InChI=1S/C13H12N2O2/c1-9-6-12(15-13(8-16)14-9)10-4-3-5-11(7-10)17-2/h3-8H,1-2H3. The summed E-state index contributed by atoms with van der Waals surface area (Å²) in [6.07, 6.45) is 0.649. The summed E-state index contributed by atoms with van der Waals surface area (Å²) in [5.74, 6) is 0.953. The molecular formula is C13H12N2O2. The molecule has 0 radical (unpaired) electrons. The number of hydrogen-bond acceptors (Lipinski definition) is 4.